The van der Waals surface area contributed by atoms with Crippen LogP contribution in [0.25, 0.3) is 11.1 Å². The van der Waals surface area contributed by atoms with Gasteiger partial charge in [-0.2, -0.15) is 0 Å². The van der Waals surface area contributed by atoms with Gasteiger partial charge in [0.05, 0.1) is 12.5 Å². The average molecular weight is 611 g/mol. The van der Waals surface area contributed by atoms with E-state index in [1.165, 1.54) is 17.8 Å². The van der Waals surface area contributed by atoms with Crippen LogP contribution in [0.2, 0.25) is 5.04 Å². The van der Waals surface area contributed by atoms with Crippen LogP contribution < -0.4 is 10.4 Å². The molecule has 0 saturated heterocycles. The Morgan fingerprint density at radius 2 is 1.51 bits per heavy atom. The first-order chi connectivity index (χ1) is 20.4. The first kappa shape index (κ1) is 32.3. The fraction of sp³-hybridized carbons (Fsp3) is 0.270. The predicted molar refractivity (Wildman–Crippen MR) is 180 cm³/mol. The van der Waals surface area contributed by atoms with Crippen LogP contribution in [-0.4, -0.2) is 31.3 Å². The van der Waals surface area contributed by atoms with Gasteiger partial charge in [0.2, 0.25) is 0 Å². The summed E-state index contributed by atoms with van der Waals surface area (Å²) in [6.45, 7) is 12.4. The number of rotatable bonds is 9. The molecule has 0 bridgehead atoms. The lowest BCUT2D eigenvalue weighted by atomic mass is 9.93. The third-order valence-electron chi connectivity index (χ3n) is 7.63. The normalized spacial score (nSPS) is 12.3. The van der Waals surface area contributed by atoms with Crippen LogP contribution in [0.5, 0.6) is 0 Å². The van der Waals surface area contributed by atoms with Gasteiger partial charge in [-0.3, -0.25) is 4.79 Å². The smallest absolute Gasteiger partial charge is 0.305 e. The van der Waals surface area contributed by atoms with Crippen LogP contribution in [-0.2, 0) is 9.22 Å². The number of halogens is 1. The van der Waals surface area contributed by atoms with Gasteiger partial charge in [-0.05, 0) is 75.8 Å². The highest BCUT2D eigenvalue weighted by atomic mass is 32.2. The summed E-state index contributed by atoms with van der Waals surface area (Å²) in [5.74, 6) is 2.60. The summed E-state index contributed by atoms with van der Waals surface area (Å²) in [6.07, 6.45) is -0.676. The van der Waals surface area contributed by atoms with E-state index in [1.807, 2.05) is 56.3 Å². The maximum atomic E-state index is 14.0. The minimum atomic E-state index is -2.94. The lowest BCUT2D eigenvalue weighted by molar-refractivity contribution is -0.138. The molecular formula is C37H39FO3SSi. The van der Waals surface area contributed by atoms with Gasteiger partial charge in [-0.25, -0.2) is 4.39 Å². The van der Waals surface area contributed by atoms with Gasteiger partial charge < -0.3 is 9.53 Å². The summed E-state index contributed by atoms with van der Waals surface area (Å²) in [6, 6.07) is 29.8. The second-order valence-corrected chi connectivity index (χ2v) is 17.1. The van der Waals surface area contributed by atoms with Crippen molar-refractivity contribution in [2.45, 2.75) is 59.1 Å². The number of carboxylic acid groups (broad SMARTS) is 1. The molecule has 6 heteroatoms. The van der Waals surface area contributed by atoms with Crippen molar-refractivity contribution in [3.63, 3.8) is 0 Å². The molecule has 43 heavy (non-hydrogen) atoms. The molecule has 222 valence electrons. The molecule has 0 amide bonds. The molecule has 0 heterocycles. The minimum Gasteiger partial charge on any atom is -0.481 e. The van der Waals surface area contributed by atoms with Crippen LogP contribution in [0.4, 0.5) is 4.39 Å². The van der Waals surface area contributed by atoms with E-state index < -0.39 is 20.4 Å². The Bertz CT molecular complexity index is 1600. The van der Waals surface area contributed by atoms with Crippen LogP contribution >= 0.6 is 11.8 Å². The Balaban J connectivity index is 1.69. The van der Waals surface area contributed by atoms with E-state index in [2.05, 4.69) is 68.3 Å². The fourth-order valence-corrected chi connectivity index (χ4v) is 11.1. The van der Waals surface area contributed by atoms with E-state index in [0.29, 0.717) is 11.3 Å². The molecular weight excluding hydrogens is 572 g/mol. The van der Waals surface area contributed by atoms with E-state index in [4.69, 9.17) is 4.43 Å². The molecule has 4 rings (SSSR count). The Labute approximate surface area is 260 Å². The van der Waals surface area contributed by atoms with Crippen LogP contribution in [0.1, 0.15) is 49.4 Å². The Morgan fingerprint density at radius 3 is 2.05 bits per heavy atom. The molecule has 4 aromatic rings. The van der Waals surface area contributed by atoms with Gasteiger partial charge in [0.1, 0.15) is 5.82 Å². The number of thioether (sulfide) groups is 1. The second kappa shape index (κ2) is 13.8. The van der Waals surface area contributed by atoms with Crippen LogP contribution in [0, 0.1) is 37.8 Å². The van der Waals surface area contributed by atoms with Crippen molar-refractivity contribution in [1.82, 2.24) is 0 Å². The van der Waals surface area contributed by atoms with E-state index >= 15 is 0 Å². The molecule has 0 unspecified atom stereocenters. The van der Waals surface area contributed by atoms with Crippen molar-refractivity contribution in [2.75, 3.05) is 5.75 Å². The van der Waals surface area contributed by atoms with Crippen LogP contribution in [0.3, 0.4) is 0 Å². The third kappa shape index (κ3) is 7.48. The van der Waals surface area contributed by atoms with E-state index in [1.54, 1.807) is 13.0 Å². The standard InChI is InChI=1S/C37H39FO3SSi/c1-26-21-27(2)33(34(22-26)29-17-18-35(38)28(3)23-29)19-20-42-25-30(24-36(39)40)41-43(37(4,5)6,31-13-9-7-10-14-31)32-15-11-8-12-16-32/h7-18,21-23,30H,24-25H2,1-6H3,(H,39,40)/t30-/m0/s1. The summed E-state index contributed by atoms with van der Waals surface area (Å²) >= 11 is 1.38. The van der Waals surface area contributed by atoms with Crippen molar-refractivity contribution in [2.24, 2.45) is 0 Å². The van der Waals surface area contributed by atoms with Crippen molar-refractivity contribution in [1.29, 1.82) is 0 Å². The largest absolute Gasteiger partial charge is 0.481 e. The van der Waals surface area contributed by atoms with E-state index in [-0.39, 0.29) is 17.3 Å². The highest BCUT2D eigenvalue weighted by molar-refractivity contribution is 8.03. The highest BCUT2D eigenvalue weighted by Gasteiger charge is 2.51. The van der Waals surface area contributed by atoms with Gasteiger partial charge in [0, 0.05) is 11.3 Å². The summed E-state index contributed by atoms with van der Waals surface area (Å²) in [5, 5.41) is 15.1. The molecule has 0 aromatic heterocycles. The van der Waals surface area contributed by atoms with Crippen molar-refractivity contribution < 1.29 is 18.7 Å². The topological polar surface area (TPSA) is 46.5 Å². The first-order valence-corrected chi connectivity index (χ1v) is 17.3. The first-order valence-electron chi connectivity index (χ1n) is 14.4. The second-order valence-electron chi connectivity index (χ2n) is 12.0. The van der Waals surface area contributed by atoms with Crippen molar-refractivity contribution >= 4 is 36.4 Å². The third-order valence-corrected chi connectivity index (χ3v) is 13.5. The Morgan fingerprint density at radius 1 is 0.907 bits per heavy atom. The maximum absolute atomic E-state index is 14.0. The van der Waals surface area contributed by atoms with Gasteiger partial charge in [0.25, 0.3) is 8.32 Å². The van der Waals surface area contributed by atoms with Gasteiger partial charge >= 0.3 is 5.97 Å². The maximum Gasteiger partial charge on any atom is 0.305 e. The number of aryl methyl sites for hydroxylation is 3. The molecule has 0 radical (unpaired) electrons. The monoisotopic (exact) mass is 610 g/mol. The SMILES string of the molecule is Cc1cc(C)c(C#CSC[C@H](CC(=O)O)O[Si](c2ccccc2)(c2ccccc2)C(C)(C)C)c(-c2ccc(F)c(C)c2)c1. The number of benzene rings is 4. The van der Waals surface area contributed by atoms with Crippen molar-refractivity contribution in [3.8, 4) is 22.3 Å². The summed E-state index contributed by atoms with van der Waals surface area (Å²) in [4.78, 5) is 12.1. The Hall–Kier alpha value is -3.63. The van der Waals surface area contributed by atoms with Gasteiger partial charge in [0.15, 0.2) is 0 Å². The summed E-state index contributed by atoms with van der Waals surface area (Å²) in [5.41, 5.74) is 5.48. The predicted octanol–water partition coefficient (Wildman–Crippen LogP) is 7.88. The molecule has 0 spiro atoms. The lowest BCUT2D eigenvalue weighted by Gasteiger charge is -2.45. The summed E-state index contributed by atoms with van der Waals surface area (Å²) < 4.78 is 21.1. The molecule has 1 N–H and O–H groups in total. The number of aliphatic carboxylic acids is 1. The minimum absolute atomic E-state index is 0.122. The van der Waals surface area contributed by atoms with E-state index in [0.717, 1.165) is 38.2 Å². The molecule has 0 saturated carbocycles. The van der Waals surface area contributed by atoms with Crippen molar-refractivity contribution in [3.05, 3.63) is 119 Å². The zero-order valence-electron chi connectivity index (χ0n) is 25.7. The summed E-state index contributed by atoms with van der Waals surface area (Å²) in [7, 11) is -2.94. The molecule has 4 aromatic carbocycles. The van der Waals surface area contributed by atoms with Crippen LogP contribution in [0.15, 0.2) is 91.0 Å². The molecule has 0 aliphatic rings. The quantitative estimate of drug-likeness (QED) is 0.155. The fourth-order valence-electron chi connectivity index (χ4n) is 5.67. The number of carbonyl (C=O) groups is 1. The number of carboxylic acids is 1. The lowest BCUT2D eigenvalue weighted by Crippen LogP contribution is -2.68. The van der Waals surface area contributed by atoms with E-state index in [9.17, 15) is 14.3 Å². The molecule has 1 atom stereocenters. The number of hydrogen-bond donors (Lipinski definition) is 1. The zero-order valence-corrected chi connectivity index (χ0v) is 27.5. The van der Waals surface area contributed by atoms with Gasteiger partial charge in [-0.15, -0.1) is 0 Å². The molecule has 0 fully saturated rings. The zero-order chi connectivity index (χ0) is 31.2. The molecule has 0 aliphatic carbocycles. The molecule has 0 aliphatic heterocycles. The number of hydrogen-bond acceptors (Lipinski definition) is 3. The van der Waals surface area contributed by atoms with Gasteiger partial charge in [-0.1, -0.05) is 123 Å². The Kier molecular flexibility index (Phi) is 10.3. The average Bonchev–Trinajstić information content (AvgIpc) is 2.96. The molecule has 3 nitrogen and oxygen atoms in total. The highest BCUT2D eigenvalue weighted by Crippen LogP contribution is 2.38.